The van der Waals surface area contributed by atoms with E-state index < -0.39 is 0 Å². The van der Waals surface area contributed by atoms with Crippen LogP contribution in [0.3, 0.4) is 0 Å². The molecule has 0 atom stereocenters. The van der Waals surface area contributed by atoms with Crippen LogP contribution in [0.2, 0.25) is 0 Å². The zero-order chi connectivity index (χ0) is 11.8. The fourth-order valence-corrected chi connectivity index (χ4v) is 1.63. The molecule has 3 aromatic rings. The van der Waals surface area contributed by atoms with Gasteiger partial charge >= 0.3 is 0 Å². The van der Waals surface area contributed by atoms with E-state index in [0.29, 0.717) is 23.1 Å². The number of hydrogen-bond acceptors (Lipinski definition) is 6. The average molecular weight is 230 g/mol. The first kappa shape index (κ1) is 9.70. The summed E-state index contributed by atoms with van der Waals surface area (Å²) in [6.07, 6.45) is 3.17. The van der Waals surface area contributed by atoms with Crippen LogP contribution in [0.25, 0.3) is 22.6 Å². The molecule has 0 saturated heterocycles. The van der Waals surface area contributed by atoms with Crippen molar-refractivity contribution < 1.29 is 0 Å². The summed E-state index contributed by atoms with van der Waals surface area (Å²) < 4.78 is 1.66. The van der Waals surface area contributed by atoms with Gasteiger partial charge in [-0.2, -0.15) is 15.2 Å². The van der Waals surface area contributed by atoms with Crippen LogP contribution in [0.15, 0.2) is 12.5 Å². The quantitative estimate of drug-likeness (QED) is 0.652. The van der Waals surface area contributed by atoms with Crippen LogP contribution in [0, 0.1) is 0 Å². The van der Waals surface area contributed by atoms with Crippen molar-refractivity contribution in [3.63, 3.8) is 0 Å². The summed E-state index contributed by atoms with van der Waals surface area (Å²) in [4.78, 5) is 12.8. The van der Waals surface area contributed by atoms with Gasteiger partial charge in [-0.05, 0) is 0 Å². The highest BCUT2D eigenvalue weighted by Crippen LogP contribution is 2.23. The van der Waals surface area contributed by atoms with Crippen molar-refractivity contribution in [2.24, 2.45) is 7.05 Å². The van der Waals surface area contributed by atoms with Crippen molar-refractivity contribution in [3.8, 4) is 11.5 Å². The molecule has 17 heavy (non-hydrogen) atoms. The third kappa shape index (κ3) is 1.41. The summed E-state index contributed by atoms with van der Waals surface area (Å²) in [5.41, 5.74) is 1.37. The number of hydrogen-bond donors (Lipinski definition) is 2. The van der Waals surface area contributed by atoms with Crippen molar-refractivity contribution in [2.45, 2.75) is 0 Å². The molecular weight excluding hydrogens is 220 g/mol. The number of aromatic amines is 1. The van der Waals surface area contributed by atoms with E-state index in [1.807, 2.05) is 7.05 Å². The Morgan fingerprint density at radius 2 is 2.24 bits per heavy atom. The number of aromatic nitrogens is 7. The summed E-state index contributed by atoms with van der Waals surface area (Å²) in [5, 5.41) is 14.5. The van der Waals surface area contributed by atoms with Gasteiger partial charge in [-0.15, -0.1) is 0 Å². The lowest BCUT2D eigenvalue weighted by molar-refractivity contribution is 0.772. The molecule has 0 aliphatic rings. The van der Waals surface area contributed by atoms with Gasteiger partial charge in [-0.1, -0.05) is 0 Å². The third-order valence-electron chi connectivity index (χ3n) is 2.46. The van der Waals surface area contributed by atoms with E-state index in [1.165, 1.54) is 6.33 Å². The molecule has 0 aromatic carbocycles. The third-order valence-corrected chi connectivity index (χ3v) is 2.46. The molecule has 0 aliphatic carbocycles. The van der Waals surface area contributed by atoms with Crippen LogP contribution in [-0.4, -0.2) is 42.0 Å². The van der Waals surface area contributed by atoms with Crippen LogP contribution in [-0.2, 0) is 7.05 Å². The molecule has 3 heterocycles. The van der Waals surface area contributed by atoms with Gasteiger partial charge in [-0.25, -0.2) is 14.6 Å². The smallest absolute Gasteiger partial charge is 0.225 e. The minimum Gasteiger partial charge on any atom is -0.357 e. The van der Waals surface area contributed by atoms with Crippen molar-refractivity contribution in [1.29, 1.82) is 0 Å². The molecule has 0 bridgehead atoms. The van der Waals surface area contributed by atoms with Crippen molar-refractivity contribution in [3.05, 3.63) is 12.5 Å². The summed E-state index contributed by atoms with van der Waals surface area (Å²) >= 11 is 0. The zero-order valence-electron chi connectivity index (χ0n) is 9.34. The fourth-order valence-electron chi connectivity index (χ4n) is 1.63. The van der Waals surface area contributed by atoms with Crippen LogP contribution in [0.4, 0.5) is 5.95 Å². The van der Waals surface area contributed by atoms with Gasteiger partial charge in [0.05, 0.1) is 11.6 Å². The van der Waals surface area contributed by atoms with Gasteiger partial charge in [0, 0.05) is 14.1 Å². The van der Waals surface area contributed by atoms with Crippen LogP contribution in [0.5, 0.6) is 0 Å². The molecule has 0 saturated carbocycles. The molecular formula is C9H10N8. The zero-order valence-corrected chi connectivity index (χ0v) is 9.34. The monoisotopic (exact) mass is 230 g/mol. The molecule has 8 heteroatoms. The van der Waals surface area contributed by atoms with Gasteiger partial charge in [-0.3, -0.25) is 5.10 Å². The predicted octanol–water partition coefficient (Wildman–Crippen LogP) is 0.190. The normalized spacial score (nSPS) is 10.9. The maximum atomic E-state index is 4.39. The van der Waals surface area contributed by atoms with Gasteiger partial charge in [0.15, 0.2) is 11.5 Å². The Kier molecular flexibility index (Phi) is 2.00. The predicted molar refractivity (Wildman–Crippen MR) is 61.2 cm³/mol. The molecule has 3 rings (SSSR count). The fraction of sp³-hybridized carbons (Fsp3) is 0.222. The van der Waals surface area contributed by atoms with Crippen molar-refractivity contribution >= 4 is 17.0 Å². The maximum absolute atomic E-state index is 4.39. The lowest BCUT2D eigenvalue weighted by Crippen LogP contribution is -2.02. The molecule has 3 aromatic heterocycles. The van der Waals surface area contributed by atoms with E-state index in [2.05, 4.69) is 35.6 Å². The summed E-state index contributed by atoms with van der Waals surface area (Å²) in [6.45, 7) is 0. The first-order valence-corrected chi connectivity index (χ1v) is 5.03. The highest BCUT2D eigenvalue weighted by atomic mass is 15.3. The molecule has 0 fully saturated rings. The van der Waals surface area contributed by atoms with Crippen LogP contribution >= 0.6 is 0 Å². The Bertz CT molecular complexity index is 666. The highest BCUT2D eigenvalue weighted by Gasteiger charge is 2.14. The second-order valence-electron chi connectivity index (χ2n) is 3.49. The Morgan fingerprint density at radius 1 is 1.35 bits per heavy atom. The first-order valence-electron chi connectivity index (χ1n) is 5.03. The Morgan fingerprint density at radius 3 is 2.94 bits per heavy atom. The number of nitrogens with one attached hydrogen (secondary N) is 2. The van der Waals surface area contributed by atoms with Crippen LogP contribution < -0.4 is 5.32 Å². The molecule has 0 aliphatic heterocycles. The van der Waals surface area contributed by atoms with E-state index in [0.717, 1.165) is 5.39 Å². The highest BCUT2D eigenvalue weighted by molar-refractivity contribution is 5.88. The standard InChI is InChI=1S/C9H10N8/c1-10-9-14-6(8-11-4-13-17(8)2)5-3-12-16-7(5)15-9/h3-4H,1-2H3,(H2,10,12,14,15,16). The molecule has 2 N–H and O–H groups in total. The van der Waals surface area contributed by atoms with E-state index in [-0.39, 0.29) is 0 Å². The van der Waals surface area contributed by atoms with E-state index in [4.69, 9.17) is 0 Å². The number of rotatable bonds is 2. The summed E-state index contributed by atoms with van der Waals surface area (Å²) in [7, 11) is 3.58. The lowest BCUT2D eigenvalue weighted by atomic mass is 10.3. The number of aryl methyl sites for hydroxylation is 1. The molecule has 86 valence electrons. The number of H-pyrrole nitrogens is 1. The minimum atomic E-state index is 0.514. The molecule has 8 nitrogen and oxygen atoms in total. The van der Waals surface area contributed by atoms with Crippen LogP contribution in [0.1, 0.15) is 0 Å². The topological polar surface area (TPSA) is 97.2 Å². The van der Waals surface area contributed by atoms with E-state index >= 15 is 0 Å². The second-order valence-corrected chi connectivity index (χ2v) is 3.49. The molecule has 0 radical (unpaired) electrons. The molecule has 0 spiro atoms. The van der Waals surface area contributed by atoms with Crippen molar-refractivity contribution in [1.82, 2.24) is 34.9 Å². The molecule has 0 unspecified atom stereocenters. The van der Waals surface area contributed by atoms with Crippen molar-refractivity contribution in [2.75, 3.05) is 12.4 Å². The Balaban J connectivity index is 2.34. The van der Waals surface area contributed by atoms with Gasteiger partial charge in [0.2, 0.25) is 5.95 Å². The SMILES string of the molecule is CNc1nc(-c2ncnn2C)c2cn[nH]c2n1. The second kappa shape index (κ2) is 3.51. The minimum absolute atomic E-state index is 0.514. The van der Waals surface area contributed by atoms with Gasteiger partial charge in [0.1, 0.15) is 12.0 Å². The lowest BCUT2D eigenvalue weighted by Gasteiger charge is -2.03. The summed E-state index contributed by atoms with van der Waals surface area (Å²) in [6, 6.07) is 0. The van der Waals surface area contributed by atoms with Gasteiger partial charge < -0.3 is 5.32 Å². The number of fused-ring (bicyclic) bond motifs is 1. The first-order chi connectivity index (χ1) is 8.29. The number of nitrogens with zero attached hydrogens (tertiary/aromatic N) is 6. The Labute approximate surface area is 96.1 Å². The van der Waals surface area contributed by atoms with E-state index in [1.54, 1.807) is 17.9 Å². The average Bonchev–Trinajstić information content (AvgIpc) is 2.95. The van der Waals surface area contributed by atoms with E-state index in [9.17, 15) is 0 Å². The summed E-state index contributed by atoms with van der Waals surface area (Å²) in [5.74, 6) is 1.19. The molecule has 0 amide bonds. The maximum Gasteiger partial charge on any atom is 0.225 e. The largest absolute Gasteiger partial charge is 0.357 e. The van der Waals surface area contributed by atoms with Gasteiger partial charge in [0.25, 0.3) is 0 Å². The number of anilines is 1. The Hall–Kier alpha value is -2.51.